The van der Waals surface area contributed by atoms with Crippen LogP contribution < -0.4 is 9.62 Å². The van der Waals surface area contributed by atoms with Gasteiger partial charge in [-0.05, 0) is 18.6 Å². The molecule has 0 aromatic carbocycles. The van der Waals surface area contributed by atoms with Crippen molar-refractivity contribution in [3.63, 3.8) is 0 Å². The van der Waals surface area contributed by atoms with Crippen LogP contribution in [0.1, 0.15) is 11.4 Å². The van der Waals surface area contributed by atoms with Crippen molar-refractivity contribution in [2.24, 2.45) is 0 Å². The highest BCUT2D eigenvalue weighted by atomic mass is 35.5. The van der Waals surface area contributed by atoms with E-state index in [0.717, 1.165) is 16.9 Å². The first-order valence-corrected chi connectivity index (χ1v) is 8.31. The van der Waals surface area contributed by atoms with Crippen LogP contribution in [-0.4, -0.2) is 37.7 Å². The Labute approximate surface area is 126 Å². The summed E-state index contributed by atoms with van der Waals surface area (Å²) in [5.74, 6) is 0.936. The fourth-order valence-electron chi connectivity index (χ4n) is 1.36. The van der Waals surface area contributed by atoms with Crippen LogP contribution in [0.4, 0.5) is 5.95 Å². The van der Waals surface area contributed by atoms with Gasteiger partial charge in [0.1, 0.15) is 10.0 Å². The van der Waals surface area contributed by atoms with Gasteiger partial charge in [-0.2, -0.15) is 4.98 Å². The lowest BCUT2D eigenvalue weighted by Gasteiger charge is -2.04. The zero-order valence-corrected chi connectivity index (χ0v) is 13.5. The van der Waals surface area contributed by atoms with Gasteiger partial charge >= 0.3 is 0 Å². The number of sulfonamides is 1. The minimum Gasteiger partial charge on any atom is -0.346 e. The fourth-order valence-corrected chi connectivity index (χ4v) is 4.10. The number of aryl methyl sites for hydroxylation is 1. The minimum atomic E-state index is -3.59. The van der Waals surface area contributed by atoms with E-state index >= 15 is 0 Å². The molecule has 7 nitrogen and oxygen atoms in total. The molecule has 2 aromatic heterocycles. The second-order valence-electron chi connectivity index (χ2n) is 4.32. The van der Waals surface area contributed by atoms with E-state index in [1.165, 1.54) is 0 Å². The van der Waals surface area contributed by atoms with Crippen LogP contribution in [0.3, 0.4) is 0 Å². The molecule has 110 valence electrons. The van der Waals surface area contributed by atoms with Gasteiger partial charge in [0.25, 0.3) is 10.0 Å². The predicted molar refractivity (Wildman–Crippen MR) is 78.8 cm³/mol. The minimum absolute atomic E-state index is 0.0394. The fraction of sp³-hybridized carbons (Fsp3) is 0.400. The molecule has 0 aliphatic carbocycles. The van der Waals surface area contributed by atoms with Crippen molar-refractivity contribution in [2.45, 2.75) is 17.7 Å². The van der Waals surface area contributed by atoms with Crippen LogP contribution in [0.15, 0.2) is 10.3 Å². The molecule has 0 saturated heterocycles. The molecule has 2 rings (SSSR count). The Morgan fingerprint density at radius 3 is 2.70 bits per heavy atom. The standard InChI is InChI=1S/C10H14ClN5O2S2/c1-6-4-8(19-9(6)11)20(17,18)12-5-7-13-10(15-14-7)16(2)3/h4,12H,5H2,1-3H3,(H,13,14,15). The molecule has 0 aliphatic heterocycles. The van der Waals surface area contributed by atoms with E-state index < -0.39 is 10.0 Å². The number of hydrogen-bond donors (Lipinski definition) is 2. The Balaban J connectivity index is 2.09. The van der Waals surface area contributed by atoms with E-state index in [9.17, 15) is 8.42 Å². The summed E-state index contributed by atoms with van der Waals surface area (Å²) in [4.78, 5) is 5.86. The molecule has 2 aromatic rings. The third kappa shape index (κ3) is 3.29. The van der Waals surface area contributed by atoms with Crippen molar-refractivity contribution in [1.29, 1.82) is 0 Å². The maximum absolute atomic E-state index is 12.1. The molecule has 0 radical (unpaired) electrons. The zero-order chi connectivity index (χ0) is 14.9. The molecule has 10 heteroatoms. The van der Waals surface area contributed by atoms with Crippen molar-refractivity contribution in [2.75, 3.05) is 19.0 Å². The van der Waals surface area contributed by atoms with Crippen LogP contribution in [0.2, 0.25) is 4.34 Å². The normalized spacial score (nSPS) is 11.8. The third-order valence-electron chi connectivity index (χ3n) is 2.45. The Hall–Kier alpha value is -1.16. The summed E-state index contributed by atoms with van der Waals surface area (Å²) in [5, 5.41) is 6.62. The number of aromatic amines is 1. The molecular weight excluding hydrogens is 322 g/mol. The maximum Gasteiger partial charge on any atom is 0.250 e. The summed E-state index contributed by atoms with van der Waals surface area (Å²) >= 11 is 6.91. The van der Waals surface area contributed by atoms with Gasteiger partial charge in [0.05, 0.1) is 10.9 Å². The van der Waals surface area contributed by atoms with E-state index in [2.05, 4.69) is 19.9 Å². The average molecular weight is 336 g/mol. The quantitative estimate of drug-likeness (QED) is 0.861. The smallest absolute Gasteiger partial charge is 0.250 e. The summed E-state index contributed by atoms with van der Waals surface area (Å²) < 4.78 is 27.3. The zero-order valence-electron chi connectivity index (χ0n) is 11.1. The number of anilines is 1. The Kier molecular flexibility index (Phi) is 4.33. The first-order valence-electron chi connectivity index (χ1n) is 5.64. The van der Waals surface area contributed by atoms with Gasteiger partial charge in [-0.25, -0.2) is 13.1 Å². The number of aromatic nitrogens is 3. The highest BCUT2D eigenvalue weighted by molar-refractivity contribution is 7.91. The van der Waals surface area contributed by atoms with Crippen molar-refractivity contribution in [3.8, 4) is 0 Å². The number of halogens is 1. The van der Waals surface area contributed by atoms with Gasteiger partial charge in [0.15, 0.2) is 0 Å². The van der Waals surface area contributed by atoms with E-state index in [-0.39, 0.29) is 10.8 Å². The van der Waals surface area contributed by atoms with Crippen LogP contribution in [0, 0.1) is 6.92 Å². The van der Waals surface area contributed by atoms with Gasteiger partial charge in [-0.15, -0.1) is 16.4 Å². The van der Waals surface area contributed by atoms with Crippen molar-refractivity contribution < 1.29 is 8.42 Å². The summed E-state index contributed by atoms with van der Waals surface area (Å²) in [6.07, 6.45) is 0. The van der Waals surface area contributed by atoms with E-state index in [1.807, 2.05) is 0 Å². The van der Waals surface area contributed by atoms with Gasteiger partial charge in [0.2, 0.25) is 5.95 Å². The van der Waals surface area contributed by atoms with Gasteiger partial charge in [-0.3, -0.25) is 5.10 Å². The first kappa shape index (κ1) is 15.2. The number of thiophene rings is 1. The molecule has 0 atom stereocenters. The van der Waals surface area contributed by atoms with E-state index in [4.69, 9.17) is 11.6 Å². The SMILES string of the molecule is Cc1cc(S(=O)(=O)NCc2nc(N(C)C)n[nH]2)sc1Cl. The number of nitrogens with zero attached hydrogens (tertiary/aromatic N) is 3. The molecule has 0 aliphatic rings. The van der Waals surface area contributed by atoms with Crippen LogP contribution in [0.5, 0.6) is 0 Å². The largest absolute Gasteiger partial charge is 0.346 e. The summed E-state index contributed by atoms with van der Waals surface area (Å²) in [6, 6.07) is 1.54. The van der Waals surface area contributed by atoms with Crippen LogP contribution in [-0.2, 0) is 16.6 Å². The molecule has 0 bridgehead atoms. The molecule has 0 unspecified atom stereocenters. The average Bonchev–Trinajstić information content (AvgIpc) is 2.95. The number of rotatable bonds is 5. The Morgan fingerprint density at radius 1 is 1.50 bits per heavy atom. The van der Waals surface area contributed by atoms with Crippen LogP contribution in [0.25, 0.3) is 0 Å². The molecule has 0 spiro atoms. The second-order valence-corrected chi connectivity index (χ2v) is 7.97. The van der Waals surface area contributed by atoms with Crippen molar-refractivity contribution in [1.82, 2.24) is 19.9 Å². The van der Waals surface area contributed by atoms with Gasteiger partial charge in [0, 0.05) is 14.1 Å². The monoisotopic (exact) mass is 335 g/mol. The molecule has 0 fully saturated rings. The Bertz CT molecular complexity index is 688. The lowest BCUT2D eigenvalue weighted by atomic mass is 10.4. The Morgan fingerprint density at radius 2 is 2.20 bits per heavy atom. The number of H-pyrrole nitrogens is 1. The highest BCUT2D eigenvalue weighted by Crippen LogP contribution is 2.29. The third-order valence-corrected chi connectivity index (χ3v) is 5.88. The molecule has 0 amide bonds. The van der Waals surface area contributed by atoms with E-state index in [0.29, 0.717) is 16.1 Å². The molecule has 20 heavy (non-hydrogen) atoms. The van der Waals surface area contributed by atoms with Crippen molar-refractivity contribution >= 4 is 38.9 Å². The molecule has 2 N–H and O–H groups in total. The van der Waals surface area contributed by atoms with E-state index in [1.54, 1.807) is 32.0 Å². The van der Waals surface area contributed by atoms with Gasteiger partial charge < -0.3 is 4.90 Å². The van der Waals surface area contributed by atoms with Crippen LogP contribution >= 0.6 is 22.9 Å². The lowest BCUT2D eigenvalue weighted by Crippen LogP contribution is -2.23. The predicted octanol–water partition coefficient (Wildman–Crippen LogP) is 1.37. The van der Waals surface area contributed by atoms with Crippen molar-refractivity contribution in [3.05, 3.63) is 21.8 Å². The topological polar surface area (TPSA) is 91.0 Å². The summed E-state index contributed by atoms with van der Waals surface area (Å²) in [7, 11) is 0.00987. The van der Waals surface area contributed by atoms with Gasteiger partial charge in [-0.1, -0.05) is 11.6 Å². The maximum atomic E-state index is 12.1. The summed E-state index contributed by atoms with van der Waals surface area (Å²) in [6.45, 7) is 1.80. The number of nitrogens with one attached hydrogen (secondary N) is 2. The summed E-state index contributed by atoms with van der Waals surface area (Å²) in [5.41, 5.74) is 0.742. The highest BCUT2D eigenvalue weighted by Gasteiger charge is 2.19. The second kappa shape index (κ2) is 5.68. The molecular formula is C10H14ClN5O2S2. The first-order chi connectivity index (χ1) is 9.29. The molecule has 2 heterocycles. The molecule has 0 saturated carbocycles. The lowest BCUT2D eigenvalue weighted by molar-refractivity contribution is 0.581. The number of hydrogen-bond acceptors (Lipinski definition) is 6.